The Morgan fingerprint density at radius 1 is 0.893 bits per heavy atom. The van der Waals surface area contributed by atoms with E-state index in [0.29, 0.717) is 5.56 Å². The second-order valence-electron chi connectivity index (χ2n) is 6.49. The molecule has 5 nitrogen and oxygen atoms in total. The summed E-state index contributed by atoms with van der Waals surface area (Å²) in [5.41, 5.74) is 1.42. The lowest BCUT2D eigenvalue weighted by atomic mass is 10.0. The van der Waals surface area contributed by atoms with Crippen LogP contribution in [-0.4, -0.2) is 32.5 Å². The highest BCUT2D eigenvalue weighted by molar-refractivity contribution is 7.91. The molecule has 0 amide bonds. The zero-order valence-corrected chi connectivity index (χ0v) is 16.2. The van der Waals surface area contributed by atoms with Gasteiger partial charge in [-0.25, -0.2) is 8.42 Å². The third kappa shape index (κ3) is 4.64. The minimum Gasteiger partial charge on any atom is -0.457 e. The zero-order valence-electron chi connectivity index (χ0n) is 15.4. The number of hydrogen-bond acceptors (Lipinski definition) is 5. The number of aryl methyl sites for hydroxylation is 1. The normalized spacial score (nSPS) is 11.3. The van der Waals surface area contributed by atoms with Crippen LogP contribution in [0.1, 0.15) is 22.3 Å². The number of ketones is 1. The first kappa shape index (κ1) is 19.8. The molecule has 0 aromatic heterocycles. The topological polar surface area (TPSA) is 77.5 Å². The van der Waals surface area contributed by atoms with E-state index >= 15 is 0 Å². The fourth-order valence-electron chi connectivity index (χ4n) is 2.85. The van der Waals surface area contributed by atoms with Crippen molar-refractivity contribution in [3.63, 3.8) is 0 Å². The van der Waals surface area contributed by atoms with Crippen LogP contribution >= 0.6 is 0 Å². The van der Waals surface area contributed by atoms with Crippen LogP contribution in [0.5, 0.6) is 0 Å². The van der Waals surface area contributed by atoms with Gasteiger partial charge in [-0.3, -0.25) is 9.59 Å². The van der Waals surface area contributed by atoms with Crippen LogP contribution in [0.15, 0.2) is 71.6 Å². The maximum Gasteiger partial charge on any atom is 0.307 e. The van der Waals surface area contributed by atoms with Gasteiger partial charge in [0.15, 0.2) is 16.4 Å². The van der Waals surface area contributed by atoms with E-state index in [1.807, 2.05) is 37.3 Å². The molecule has 0 aliphatic rings. The van der Waals surface area contributed by atoms with Gasteiger partial charge in [-0.15, -0.1) is 0 Å². The predicted octanol–water partition coefficient (Wildman–Crippen LogP) is 3.74. The van der Waals surface area contributed by atoms with Crippen molar-refractivity contribution in [2.24, 2.45) is 0 Å². The molecular weight excluding hydrogens is 376 g/mol. The molecule has 28 heavy (non-hydrogen) atoms. The van der Waals surface area contributed by atoms with E-state index < -0.39 is 22.4 Å². The van der Waals surface area contributed by atoms with Gasteiger partial charge >= 0.3 is 5.97 Å². The molecule has 0 atom stereocenters. The summed E-state index contributed by atoms with van der Waals surface area (Å²) in [5.74, 6) is -1.41. The Morgan fingerprint density at radius 3 is 2.32 bits per heavy atom. The minimum atomic E-state index is -3.58. The van der Waals surface area contributed by atoms with E-state index in [2.05, 4.69) is 0 Å². The van der Waals surface area contributed by atoms with E-state index in [4.69, 9.17) is 4.74 Å². The number of rotatable bonds is 7. The molecule has 0 unspecified atom stereocenters. The Hall–Kier alpha value is -2.99. The number of fused-ring (bicyclic) bond motifs is 1. The molecule has 0 aliphatic carbocycles. The van der Waals surface area contributed by atoms with Gasteiger partial charge in [-0.1, -0.05) is 60.2 Å². The van der Waals surface area contributed by atoms with Crippen molar-refractivity contribution in [3.8, 4) is 0 Å². The summed E-state index contributed by atoms with van der Waals surface area (Å²) in [6, 6.07) is 19.2. The third-order valence-electron chi connectivity index (χ3n) is 4.41. The van der Waals surface area contributed by atoms with Crippen molar-refractivity contribution in [1.82, 2.24) is 0 Å². The zero-order chi connectivity index (χ0) is 20.1. The Morgan fingerprint density at radius 2 is 1.57 bits per heavy atom. The van der Waals surface area contributed by atoms with E-state index in [1.165, 1.54) is 12.1 Å². The Labute approximate surface area is 163 Å². The van der Waals surface area contributed by atoms with E-state index in [1.54, 1.807) is 24.3 Å². The van der Waals surface area contributed by atoms with Crippen LogP contribution < -0.4 is 0 Å². The van der Waals surface area contributed by atoms with Gasteiger partial charge in [0.25, 0.3) is 0 Å². The monoisotopic (exact) mass is 396 g/mol. The summed E-state index contributed by atoms with van der Waals surface area (Å²) in [7, 11) is -3.58. The molecule has 6 heteroatoms. The molecule has 0 N–H and O–H groups in total. The molecule has 0 heterocycles. The molecule has 144 valence electrons. The number of benzene rings is 3. The molecule has 0 spiro atoms. The number of Topliss-reactive ketones (excluding diaryl/α,β-unsaturated/α-hetero) is 1. The SMILES string of the molecule is Cc1ccc(S(=O)(=O)CCC(=O)OCC(=O)c2cccc3ccccc23)cc1. The second kappa shape index (κ2) is 8.35. The fourth-order valence-corrected chi connectivity index (χ4v) is 4.07. The molecule has 0 saturated carbocycles. The van der Waals surface area contributed by atoms with Crippen molar-refractivity contribution < 1.29 is 22.7 Å². The van der Waals surface area contributed by atoms with Gasteiger partial charge in [0, 0.05) is 5.56 Å². The summed E-state index contributed by atoms with van der Waals surface area (Å²) >= 11 is 0. The quantitative estimate of drug-likeness (QED) is 0.449. The van der Waals surface area contributed by atoms with Crippen LogP contribution in [-0.2, 0) is 19.4 Å². The number of carbonyl (C=O) groups excluding carboxylic acids is 2. The highest BCUT2D eigenvalue weighted by atomic mass is 32.2. The largest absolute Gasteiger partial charge is 0.457 e. The maximum absolute atomic E-state index is 12.4. The van der Waals surface area contributed by atoms with Crippen LogP contribution in [0.2, 0.25) is 0 Å². The maximum atomic E-state index is 12.4. The number of carbonyl (C=O) groups is 2. The van der Waals surface area contributed by atoms with Crippen LogP contribution in [0, 0.1) is 6.92 Å². The van der Waals surface area contributed by atoms with Gasteiger partial charge in [-0.2, -0.15) is 0 Å². The lowest BCUT2D eigenvalue weighted by Gasteiger charge is -2.08. The van der Waals surface area contributed by atoms with Crippen molar-refractivity contribution in [1.29, 1.82) is 0 Å². The molecule has 3 aromatic rings. The van der Waals surface area contributed by atoms with Crippen LogP contribution in [0.25, 0.3) is 10.8 Å². The van der Waals surface area contributed by atoms with Gasteiger partial charge in [0.05, 0.1) is 17.1 Å². The summed E-state index contributed by atoms with van der Waals surface area (Å²) in [6.45, 7) is 1.44. The van der Waals surface area contributed by atoms with E-state index in [9.17, 15) is 18.0 Å². The molecule has 0 radical (unpaired) electrons. The third-order valence-corrected chi connectivity index (χ3v) is 6.14. The average molecular weight is 396 g/mol. The highest BCUT2D eigenvalue weighted by Crippen LogP contribution is 2.19. The first-order chi connectivity index (χ1) is 13.4. The molecule has 0 bridgehead atoms. The summed E-state index contributed by atoms with van der Waals surface area (Å²) in [4.78, 5) is 24.5. The van der Waals surface area contributed by atoms with Crippen molar-refractivity contribution in [3.05, 3.63) is 77.9 Å². The summed E-state index contributed by atoms with van der Waals surface area (Å²) < 4.78 is 29.6. The van der Waals surface area contributed by atoms with Crippen LogP contribution in [0.3, 0.4) is 0 Å². The smallest absolute Gasteiger partial charge is 0.307 e. The van der Waals surface area contributed by atoms with Crippen molar-refractivity contribution in [2.45, 2.75) is 18.2 Å². The number of hydrogen-bond donors (Lipinski definition) is 0. The van der Waals surface area contributed by atoms with E-state index in [-0.39, 0.29) is 22.9 Å². The molecule has 0 aliphatic heterocycles. The second-order valence-corrected chi connectivity index (χ2v) is 8.60. The number of sulfone groups is 1. The molecule has 3 aromatic carbocycles. The molecular formula is C22H20O5S. The lowest BCUT2D eigenvalue weighted by molar-refractivity contribution is -0.142. The molecule has 3 rings (SSSR count). The van der Waals surface area contributed by atoms with Gasteiger partial charge in [0.2, 0.25) is 5.78 Å². The number of esters is 1. The summed E-state index contributed by atoms with van der Waals surface area (Å²) in [5, 5.41) is 1.71. The first-order valence-electron chi connectivity index (χ1n) is 8.83. The highest BCUT2D eigenvalue weighted by Gasteiger charge is 2.18. The van der Waals surface area contributed by atoms with Gasteiger partial charge < -0.3 is 4.74 Å². The molecule has 0 saturated heterocycles. The van der Waals surface area contributed by atoms with Crippen molar-refractivity contribution in [2.75, 3.05) is 12.4 Å². The number of ether oxygens (including phenoxy) is 1. The molecule has 0 fully saturated rings. The standard InChI is InChI=1S/C22H20O5S/c1-16-9-11-18(12-10-16)28(25,26)14-13-22(24)27-15-21(23)20-8-4-6-17-5-2-3-7-19(17)20/h2-12H,13-15H2,1H3. The van der Waals surface area contributed by atoms with Crippen molar-refractivity contribution >= 4 is 32.4 Å². The fraction of sp³-hybridized carbons (Fsp3) is 0.182. The van der Waals surface area contributed by atoms with E-state index in [0.717, 1.165) is 16.3 Å². The Bertz CT molecular complexity index is 1110. The van der Waals surface area contributed by atoms with Gasteiger partial charge in [-0.05, 0) is 29.8 Å². The summed E-state index contributed by atoms with van der Waals surface area (Å²) in [6.07, 6.45) is -0.307. The Kier molecular flexibility index (Phi) is 5.90. The lowest BCUT2D eigenvalue weighted by Crippen LogP contribution is -2.17. The van der Waals surface area contributed by atoms with Gasteiger partial charge in [0.1, 0.15) is 0 Å². The predicted molar refractivity (Wildman–Crippen MR) is 107 cm³/mol. The first-order valence-corrected chi connectivity index (χ1v) is 10.5. The van der Waals surface area contributed by atoms with Crippen LogP contribution in [0.4, 0.5) is 0 Å². The minimum absolute atomic E-state index is 0.165. The average Bonchev–Trinajstić information content (AvgIpc) is 2.70. The Balaban J connectivity index is 1.58.